The molecule has 29 heavy (non-hydrogen) atoms. The van der Waals surface area contributed by atoms with Gasteiger partial charge in [-0.15, -0.1) is 11.3 Å². The van der Waals surface area contributed by atoms with Gasteiger partial charge in [0.25, 0.3) is 0 Å². The van der Waals surface area contributed by atoms with Gasteiger partial charge in [0.05, 0.1) is 18.8 Å². The van der Waals surface area contributed by atoms with Gasteiger partial charge in [-0.2, -0.15) is 0 Å². The number of fused-ring (bicyclic) bond motifs is 1. The summed E-state index contributed by atoms with van der Waals surface area (Å²) in [5.74, 6) is 0.973. The third kappa shape index (κ3) is 5.60. The summed E-state index contributed by atoms with van der Waals surface area (Å²) in [6.07, 6.45) is 3.82. The van der Waals surface area contributed by atoms with Gasteiger partial charge in [0, 0.05) is 11.3 Å². The minimum Gasteiger partial charge on any atom is -0.494 e. The van der Waals surface area contributed by atoms with Crippen LogP contribution in [0.2, 0.25) is 0 Å². The Labute approximate surface area is 176 Å². The minimum absolute atomic E-state index is 0.102. The van der Waals surface area contributed by atoms with Gasteiger partial charge in [-0.25, -0.2) is 4.79 Å². The number of ether oxygens (including phenoxy) is 2. The Kier molecular flexibility index (Phi) is 7.31. The monoisotopic (exact) mass is 415 g/mol. The lowest BCUT2D eigenvalue weighted by molar-refractivity contribution is -0.116. The second-order valence-corrected chi connectivity index (χ2v) is 8.70. The zero-order chi connectivity index (χ0) is 20.8. The van der Waals surface area contributed by atoms with Crippen LogP contribution in [0.1, 0.15) is 59.5 Å². The Bertz CT molecular complexity index is 874. The topological polar surface area (TPSA) is 64.6 Å². The number of rotatable bonds is 8. The fourth-order valence-corrected chi connectivity index (χ4v) is 4.99. The van der Waals surface area contributed by atoms with Gasteiger partial charge in [0.15, 0.2) is 0 Å². The van der Waals surface area contributed by atoms with Crippen molar-refractivity contribution in [3.63, 3.8) is 0 Å². The normalized spacial score (nSPS) is 15.5. The Morgan fingerprint density at radius 2 is 2.14 bits per heavy atom. The summed E-state index contributed by atoms with van der Waals surface area (Å²) < 4.78 is 11.0. The van der Waals surface area contributed by atoms with Crippen LogP contribution in [-0.2, 0) is 22.4 Å². The number of carbonyl (C=O) groups is 2. The molecule has 0 spiro atoms. The van der Waals surface area contributed by atoms with Crippen LogP contribution in [0.25, 0.3) is 0 Å². The van der Waals surface area contributed by atoms with Gasteiger partial charge in [-0.1, -0.05) is 19.1 Å². The van der Waals surface area contributed by atoms with Crippen molar-refractivity contribution in [3.8, 4) is 5.75 Å². The molecule has 6 heteroatoms. The Morgan fingerprint density at radius 3 is 2.90 bits per heavy atom. The number of nitrogens with one attached hydrogen (secondary N) is 1. The highest BCUT2D eigenvalue weighted by Crippen LogP contribution is 2.40. The lowest BCUT2D eigenvalue weighted by atomic mass is 9.88. The first-order chi connectivity index (χ1) is 14.0. The van der Waals surface area contributed by atoms with Crippen LogP contribution in [0.4, 0.5) is 5.00 Å². The van der Waals surface area contributed by atoms with Crippen molar-refractivity contribution in [1.82, 2.24) is 0 Å². The summed E-state index contributed by atoms with van der Waals surface area (Å²) in [5.41, 5.74) is 2.76. The van der Waals surface area contributed by atoms with Crippen LogP contribution < -0.4 is 10.1 Å². The molecular formula is C23H29NO4S. The van der Waals surface area contributed by atoms with Gasteiger partial charge in [-0.05, 0) is 68.7 Å². The second kappa shape index (κ2) is 9.92. The van der Waals surface area contributed by atoms with E-state index < -0.39 is 0 Å². The van der Waals surface area contributed by atoms with E-state index in [-0.39, 0.29) is 11.9 Å². The molecule has 5 nitrogen and oxygen atoms in total. The number of thiophene rings is 1. The predicted molar refractivity (Wildman–Crippen MR) is 116 cm³/mol. The molecule has 1 aliphatic rings. The average molecular weight is 416 g/mol. The van der Waals surface area contributed by atoms with Crippen molar-refractivity contribution in [2.24, 2.45) is 5.92 Å². The Hall–Kier alpha value is -2.34. The van der Waals surface area contributed by atoms with Crippen molar-refractivity contribution in [3.05, 3.63) is 45.8 Å². The molecule has 1 N–H and O–H groups in total. The molecule has 1 atom stereocenters. The first kappa shape index (κ1) is 21.4. The highest BCUT2D eigenvalue weighted by atomic mass is 32.1. The zero-order valence-corrected chi connectivity index (χ0v) is 18.2. The van der Waals surface area contributed by atoms with Gasteiger partial charge >= 0.3 is 5.97 Å². The average Bonchev–Trinajstić information content (AvgIpc) is 3.02. The third-order valence-electron chi connectivity index (χ3n) is 5.05. The maximum Gasteiger partial charge on any atom is 0.341 e. The molecule has 0 radical (unpaired) electrons. The maximum absolute atomic E-state index is 12.5. The van der Waals surface area contributed by atoms with Crippen LogP contribution in [0.5, 0.6) is 5.75 Å². The van der Waals surface area contributed by atoms with Crippen LogP contribution in [-0.4, -0.2) is 25.1 Å². The van der Waals surface area contributed by atoms with E-state index in [0.29, 0.717) is 42.5 Å². The van der Waals surface area contributed by atoms with E-state index in [1.54, 1.807) is 6.92 Å². The van der Waals surface area contributed by atoms with Gasteiger partial charge in [0.1, 0.15) is 10.8 Å². The first-order valence-corrected chi connectivity index (χ1v) is 11.1. The summed E-state index contributed by atoms with van der Waals surface area (Å²) in [4.78, 5) is 26.2. The molecule has 1 heterocycles. The molecule has 0 bridgehead atoms. The lowest BCUT2D eigenvalue weighted by Gasteiger charge is -2.18. The number of benzene rings is 1. The highest BCUT2D eigenvalue weighted by molar-refractivity contribution is 7.17. The quantitative estimate of drug-likeness (QED) is 0.478. The highest BCUT2D eigenvalue weighted by Gasteiger charge is 2.29. The summed E-state index contributed by atoms with van der Waals surface area (Å²) in [5, 5.41) is 3.58. The maximum atomic E-state index is 12.5. The third-order valence-corrected chi connectivity index (χ3v) is 6.22. The molecule has 2 aromatic rings. The van der Waals surface area contributed by atoms with Gasteiger partial charge in [0.2, 0.25) is 5.91 Å². The standard InChI is InChI=1S/C23H29NO4S/c1-4-27-23(26)21-18-11-10-16(3)14-19(18)29-22(21)24-20(25)9-6-12-28-17-8-5-7-15(2)13-17/h5,7-8,13,16H,4,6,9-12,14H2,1-3H3,(H,24,25)/t16-/m1/s1. The van der Waals surface area contributed by atoms with Crippen molar-refractivity contribution in [1.29, 1.82) is 0 Å². The van der Waals surface area contributed by atoms with Crippen LogP contribution in [0, 0.1) is 12.8 Å². The van der Waals surface area contributed by atoms with Crippen molar-refractivity contribution in [2.75, 3.05) is 18.5 Å². The number of carbonyl (C=O) groups excluding carboxylic acids is 2. The molecule has 3 rings (SSSR count). The number of amides is 1. The number of anilines is 1. The molecule has 0 fully saturated rings. The molecule has 0 unspecified atom stereocenters. The number of hydrogen-bond acceptors (Lipinski definition) is 5. The van der Waals surface area contributed by atoms with Crippen LogP contribution in [0.15, 0.2) is 24.3 Å². The Morgan fingerprint density at radius 1 is 1.31 bits per heavy atom. The molecule has 0 saturated carbocycles. The SMILES string of the molecule is CCOC(=O)c1c(NC(=O)CCCOc2cccc(C)c2)sc2c1CC[C@@H](C)C2. The fraction of sp³-hybridized carbons (Fsp3) is 0.478. The number of aryl methyl sites for hydroxylation is 1. The summed E-state index contributed by atoms with van der Waals surface area (Å²) >= 11 is 1.52. The molecule has 0 saturated heterocycles. The smallest absolute Gasteiger partial charge is 0.341 e. The fourth-order valence-electron chi connectivity index (χ4n) is 3.58. The molecular weight excluding hydrogens is 386 g/mol. The van der Waals surface area contributed by atoms with Crippen molar-refractivity contribution >= 4 is 28.2 Å². The summed E-state index contributed by atoms with van der Waals surface area (Å²) in [6.45, 7) is 6.83. The van der Waals surface area contributed by atoms with E-state index in [0.717, 1.165) is 36.1 Å². The van der Waals surface area contributed by atoms with Crippen LogP contribution >= 0.6 is 11.3 Å². The number of hydrogen-bond donors (Lipinski definition) is 1. The molecule has 1 amide bonds. The Balaban J connectivity index is 1.59. The van der Waals surface area contributed by atoms with Crippen LogP contribution in [0.3, 0.4) is 0 Å². The van der Waals surface area contributed by atoms with E-state index in [4.69, 9.17) is 9.47 Å². The molecule has 1 aromatic heterocycles. The van der Waals surface area contributed by atoms with E-state index >= 15 is 0 Å². The summed E-state index contributed by atoms with van der Waals surface area (Å²) in [6, 6.07) is 7.86. The van der Waals surface area contributed by atoms with E-state index in [9.17, 15) is 9.59 Å². The molecule has 1 aliphatic carbocycles. The number of esters is 1. The van der Waals surface area contributed by atoms with Crippen molar-refractivity contribution < 1.29 is 19.1 Å². The first-order valence-electron chi connectivity index (χ1n) is 10.3. The predicted octanol–water partition coefficient (Wildman–Crippen LogP) is 5.16. The summed E-state index contributed by atoms with van der Waals surface area (Å²) in [7, 11) is 0. The zero-order valence-electron chi connectivity index (χ0n) is 17.4. The second-order valence-electron chi connectivity index (χ2n) is 7.59. The van der Waals surface area contributed by atoms with E-state index in [1.807, 2.05) is 31.2 Å². The molecule has 0 aliphatic heterocycles. The lowest BCUT2D eigenvalue weighted by Crippen LogP contribution is -2.17. The molecule has 156 valence electrons. The van der Waals surface area contributed by atoms with E-state index in [1.165, 1.54) is 16.2 Å². The van der Waals surface area contributed by atoms with E-state index in [2.05, 4.69) is 12.2 Å². The minimum atomic E-state index is -0.336. The molecule has 1 aromatic carbocycles. The largest absolute Gasteiger partial charge is 0.494 e. The van der Waals surface area contributed by atoms with Crippen molar-refractivity contribution in [2.45, 2.75) is 52.9 Å². The van der Waals surface area contributed by atoms with Gasteiger partial charge < -0.3 is 14.8 Å². The van der Waals surface area contributed by atoms with Gasteiger partial charge in [-0.3, -0.25) is 4.79 Å².